The summed E-state index contributed by atoms with van der Waals surface area (Å²) >= 11 is 0. The quantitative estimate of drug-likeness (QED) is 0.137. The molecule has 2 aromatic heterocycles. The van der Waals surface area contributed by atoms with Crippen molar-refractivity contribution in [2.45, 2.75) is 97.5 Å². The molecule has 6 nitrogen and oxygen atoms in total. The third kappa shape index (κ3) is 6.01. The van der Waals surface area contributed by atoms with Crippen LogP contribution in [-0.4, -0.2) is 34.6 Å². The lowest BCUT2D eigenvalue weighted by atomic mass is 9.44. The zero-order valence-electron chi connectivity index (χ0n) is 30.0. The Morgan fingerprint density at radius 2 is 1.42 bits per heavy atom. The van der Waals surface area contributed by atoms with Gasteiger partial charge in [0.2, 0.25) is 0 Å². The van der Waals surface area contributed by atoms with Gasteiger partial charge in [-0.3, -0.25) is 9.97 Å². The highest BCUT2D eigenvalue weighted by molar-refractivity contribution is 5.94. The van der Waals surface area contributed by atoms with Gasteiger partial charge in [0.15, 0.2) is 0 Å². The molecule has 8 rings (SSSR count). The fourth-order valence-corrected chi connectivity index (χ4v) is 11.7. The summed E-state index contributed by atoms with van der Waals surface area (Å²) in [5.41, 5.74) is 3.60. The molecule has 9 atom stereocenters. The van der Waals surface area contributed by atoms with Crippen molar-refractivity contribution in [2.24, 2.45) is 46.3 Å². The molecule has 0 amide bonds. The third-order valence-electron chi connectivity index (χ3n) is 14.3. The summed E-state index contributed by atoms with van der Waals surface area (Å²) in [6.45, 7) is 8.13. The number of carbonyl (C=O) groups excluding carboxylic acids is 2. The summed E-state index contributed by atoms with van der Waals surface area (Å²) in [6, 6.07) is 19.6. The molecule has 0 saturated heterocycles. The van der Waals surface area contributed by atoms with Crippen LogP contribution in [0.2, 0.25) is 0 Å². The Balaban J connectivity index is 0.844. The van der Waals surface area contributed by atoms with Gasteiger partial charge < -0.3 is 9.47 Å². The Labute approximate surface area is 296 Å². The van der Waals surface area contributed by atoms with Crippen molar-refractivity contribution in [1.82, 2.24) is 9.97 Å². The van der Waals surface area contributed by atoms with E-state index < -0.39 is 0 Å². The minimum Gasteiger partial charge on any atom is -0.462 e. The molecule has 4 aromatic rings. The molecule has 4 aliphatic carbocycles. The van der Waals surface area contributed by atoms with Crippen molar-refractivity contribution < 1.29 is 19.1 Å². The number of hydrogen-bond acceptors (Lipinski definition) is 6. The molecule has 0 N–H and O–H groups in total. The van der Waals surface area contributed by atoms with Crippen molar-refractivity contribution in [1.29, 1.82) is 0 Å². The minimum atomic E-state index is -0.277. The maximum Gasteiger partial charge on any atom is 0.339 e. The first kappa shape index (κ1) is 33.3. The van der Waals surface area contributed by atoms with E-state index in [1.165, 1.54) is 38.5 Å². The SMILES string of the molecule is C[C@H](CCCOC(=O)c1cnc2ccccc2c1)[C@H]1CC[C@H]2[C@@H]3CC[C@@H]4C[C@H](OC(=O)c5cnc6ccccc6c5)CC[C@]4(C)[C@H]3CC[C@]12C. The van der Waals surface area contributed by atoms with E-state index in [0.29, 0.717) is 40.4 Å². The Bertz CT molecular complexity index is 1890. The fraction of sp³-hybridized carbons (Fsp3) is 0.545. The lowest BCUT2D eigenvalue weighted by molar-refractivity contribution is -0.130. The van der Waals surface area contributed by atoms with E-state index in [9.17, 15) is 9.59 Å². The molecule has 2 aromatic carbocycles. The van der Waals surface area contributed by atoms with Gasteiger partial charge in [-0.25, -0.2) is 9.59 Å². The molecule has 0 unspecified atom stereocenters. The number of esters is 2. The second kappa shape index (κ2) is 13.4. The minimum absolute atomic E-state index is 0.00215. The summed E-state index contributed by atoms with van der Waals surface area (Å²) in [5, 5.41) is 1.93. The third-order valence-corrected chi connectivity index (χ3v) is 14.3. The van der Waals surface area contributed by atoms with E-state index in [4.69, 9.17) is 9.47 Å². The molecule has 4 aliphatic rings. The molecular weight excluding hydrogens is 620 g/mol. The molecule has 4 fully saturated rings. The standard InChI is InChI=1S/C44H52N2O4/c1-28(9-8-22-49-41(47)31-23-29-10-4-6-12-39(29)45-26-31)36-16-17-37-35-15-14-33-25-34(18-20-43(33,2)38(35)19-21-44(36,37)3)50-42(48)32-24-30-11-5-7-13-40(30)46-27-32/h4-7,10-13,23-24,26-28,33-38H,8-9,14-22,25H2,1-3H3/t28-,33-,34-,35+,36-,37+,38+,43+,44-/m1/s1. The number of para-hydroxylation sites is 2. The van der Waals surface area contributed by atoms with E-state index in [2.05, 4.69) is 30.7 Å². The highest BCUT2D eigenvalue weighted by Crippen LogP contribution is 2.68. The molecule has 0 spiro atoms. The van der Waals surface area contributed by atoms with Gasteiger partial charge in [-0.2, -0.15) is 0 Å². The van der Waals surface area contributed by atoms with Gasteiger partial charge in [0.05, 0.1) is 28.8 Å². The number of nitrogens with zero attached hydrogens (tertiary/aromatic N) is 2. The Kier molecular flexibility index (Phi) is 8.93. The van der Waals surface area contributed by atoms with Crippen molar-refractivity contribution in [3.05, 3.63) is 84.2 Å². The fourth-order valence-electron chi connectivity index (χ4n) is 11.7. The van der Waals surface area contributed by atoms with Gasteiger partial charge >= 0.3 is 11.9 Å². The van der Waals surface area contributed by atoms with Gasteiger partial charge in [0, 0.05) is 23.2 Å². The molecule has 6 heteroatoms. The number of fused-ring (bicyclic) bond motifs is 7. The van der Waals surface area contributed by atoms with Gasteiger partial charge in [-0.15, -0.1) is 0 Å². The van der Waals surface area contributed by atoms with Crippen LogP contribution in [0, 0.1) is 46.3 Å². The molecule has 50 heavy (non-hydrogen) atoms. The van der Waals surface area contributed by atoms with Crippen LogP contribution < -0.4 is 0 Å². The summed E-state index contributed by atoms with van der Waals surface area (Å²) in [5.74, 6) is 3.87. The number of carbonyl (C=O) groups is 2. The average Bonchev–Trinajstić information content (AvgIpc) is 3.50. The average molecular weight is 673 g/mol. The van der Waals surface area contributed by atoms with Crippen molar-refractivity contribution in [3.8, 4) is 0 Å². The van der Waals surface area contributed by atoms with Crippen molar-refractivity contribution in [3.63, 3.8) is 0 Å². The van der Waals surface area contributed by atoms with Crippen LogP contribution in [0.15, 0.2) is 73.1 Å². The number of aromatic nitrogens is 2. The van der Waals surface area contributed by atoms with Crippen LogP contribution in [0.5, 0.6) is 0 Å². The van der Waals surface area contributed by atoms with E-state index in [-0.39, 0.29) is 18.0 Å². The predicted octanol–water partition coefficient (Wildman–Crippen LogP) is 10.2. The number of ether oxygens (including phenoxy) is 2. The smallest absolute Gasteiger partial charge is 0.339 e. The number of hydrogen-bond donors (Lipinski definition) is 0. The summed E-state index contributed by atoms with van der Waals surface area (Å²) < 4.78 is 11.9. The molecule has 0 radical (unpaired) electrons. The first-order valence-corrected chi connectivity index (χ1v) is 19.3. The maximum atomic E-state index is 13.2. The van der Waals surface area contributed by atoms with Crippen LogP contribution in [0.3, 0.4) is 0 Å². The van der Waals surface area contributed by atoms with Crippen molar-refractivity contribution >= 4 is 33.7 Å². The van der Waals surface area contributed by atoms with Crippen molar-refractivity contribution in [2.75, 3.05) is 6.61 Å². The largest absolute Gasteiger partial charge is 0.462 e. The number of rotatable bonds is 8. The number of pyridine rings is 2. The highest BCUT2D eigenvalue weighted by atomic mass is 16.5. The molecule has 2 heterocycles. The van der Waals surface area contributed by atoms with Crippen LogP contribution >= 0.6 is 0 Å². The number of benzene rings is 2. The van der Waals surface area contributed by atoms with E-state index in [0.717, 1.165) is 77.6 Å². The van der Waals surface area contributed by atoms with Crippen LogP contribution in [0.1, 0.15) is 112 Å². The zero-order valence-corrected chi connectivity index (χ0v) is 30.0. The Morgan fingerprint density at radius 1 is 0.780 bits per heavy atom. The van der Waals surface area contributed by atoms with E-state index in [1.807, 2.05) is 60.7 Å². The van der Waals surface area contributed by atoms with Crippen LogP contribution in [-0.2, 0) is 9.47 Å². The van der Waals surface area contributed by atoms with Gasteiger partial charge in [-0.1, -0.05) is 57.2 Å². The van der Waals surface area contributed by atoms with E-state index in [1.54, 1.807) is 12.4 Å². The highest BCUT2D eigenvalue weighted by Gasteiger charge is 2.60. The second-order valence-corrected chi connectivity index (χ2v) is 16.8. The molecular formula is C44H52N2O4. The van der Waals surface area contributed by atoms with Gasteiger partial charge in [0.25, 0.3) is 0 Å². The summed E-state index contributed by atoms with van der Waals surface area (Å²) in [7, 11) is 0. The topological polar surface area (TPSA) is 78.4 Å². The summed E-state index contributed by atoms with van der Waals surface area (Å²) in [4.78, 5) is 34.9. The van der Waals surface area contributed by atoms with Crippen LogP contribution in [0.4, 0.5) is 0 Å². The Morgan fingerprint density at radius 3 is 2.14 bits per heavy atom. The molecule has 4 saturated carbocycles. The van der Waals surface area contributed by atoms with Gasteiger partial charge in [0.1, 0.15) is 6.10 Å². The zero-order chi connectivity index (χ0) is 34.5. The molecule has 262 valence electrons. The first-order chi connectivity index (χ1) is 24.2. The second-order valence-electron chi connectivity index (χ2n) is 16.8. The van der Waals surface area contributed by atoms with Crippen LogP contribution in [0.25, 0.3) is 21.8 Å². The normalized spacial score (nSPS) is 32.5. The van der Waals surface area contributed by atoms with E-state index >= 15 is 0 Å². The molecule has 0 aliphatic heterocycles. The van der Waals surface area contributed by atoms with Gasteiger partial charge in [-0.05, 0) is 141 Å². The first-order valence-electron chi connectivity index (χ1n) is 19.3. The molecule has 0 bridgehead atoms. The lowest BCUT2D eigenvalue weighted by Crippen LogP contribution is -2.54. The predicted molar refractivity (Wildman–Crippen MR) is 197 cm³/mol. The lowest BCUT2D eigenvalue weighted by Gasteiger charge is -2.61. The maximum absolute atomic E-state index is 13.2. The Hall–Kier alpha value is -3.80. The monoisotopic (exact) mass is 672 g/mol. The summed E-state index contributed by atoms with van der Waals surface area (Å²) in [6.07, 6.45) is 16.3.